The van der Waals surface area contributed by atoms with Crippen LogP contribution in [0.1, 0.15) is 32.3 Å². The molecule has 1 nitrogen and oxygen atoms in total. The third kappa shape index (κ3) is 3.73. The molecule has 1 rings (SSSR count). The van der Waals surface area contributed by atoms with Crippen molar-refractivity contribution >= 4 is 6.21 Å². The molecule has 0 spiro atoms. The van der Waals surface area contributed by atoms with E-state index in [0.29, 0.717) is 5.92 Å². The molecule has 0 N–H and O–H groups in total. The van der Waals surface area contributed by atoms with Gasteiger partial charge in [0, 0.05) is 6.21 Å². The predicted molar refractivity (Wildman–Crippen MR) is 62.7 cm³/mol. The van der Waals surface area contributed by atoms with Gasteiger partial charge < -0.3 is 0 Å². The SMILES string of the molecule is CCC(C=NCc1ccccc1)CC. The molecule has 14 heavy (non-hydrogen) atoms. The number of benzene rings is 1. The highest BCUT2D eigenvalue weighted by Crippen LogP contribution is 2.05. The number of aliphatic imine (C=N–C) groups is 1. The second kappa shape index (κ2) is 6.36. The molecule has 0 atom stereocenters. The Balaban J connectivity index is 2.40. The summed E-state index contributed by atoms with van der Waals surface area (Å²) in [5.41, 5.74) is 1.29. The van der Waals surface area contributed by atoms with Crippen molar-refractivity contribution in [3.05, 3.63) is 35.9 Å². The van der Waals surface area contributed by atoms with E-state index < -0.39 is 0 Å². The summed E-state index contributed by atoms with van der Waals surface area (Å²) >= 11 is 0. The van der Waals surface area contributed by atoms with E-state index >= 15 is 0 Å². The first-order valence-corrected chi connectivity index (χ1v) is 5.40. The number of rotatable bonds is 5. The smallest absolute Gasteiger partial charge is 0.0635 e. The fourth-order valence-corrected chi connectivity index (χ4v) is 1.39. The van der Waals surface area contributed by atoms with Crippen LogP contribution in [0, 0.1) is 5.92 Å². The van der Waals surface area contributed by atoms with Crippen molar-refractivity contribution in [3.8, 4) is 0 Å². The summed E-state index contributed by atoms with van der Waals surface area (Å²) < 4.78 is 0. The second-order valence-corrected chi connectivity index (χ2v) is 3.55. The largest absolute Gasteiger partial charge is 0.292 e. The van der Waals surface area contributed by atoms with E-state index in [4.69, 9.17) is 0 Å². The Hall–Kier alpha value is -1.11. The fraction of sp³-hybridized carbons (Fsp3) is 0.462. The predicted octanol–water partition coefficient (Wildman–Crippen LogP) is 3.69. The maximum Gasteiger partial charge on any atom is 0.0635 e. The van der Waals surface area contributed by atoms with Crippen molar-refractivity contribution in [3.63, 3.8) is 0 Å². The summed E-state index contributed by atoms with van der Waals surface area (Å²) in [4.78, 5) is 4.46. The Morgan fingerprint density at radius 2 is 1.79 bits per heavy atom. The Morgan fingerprint density at radius 1 is 1.14 bits per heavy atom. The zero-order chi connectivity index (χ0) is 10.2. The average Bonchev–Trinajstić information content (AvgIpc) is 2.26. The molecule has 0 aliphatic rings. The lowest BCUT2D eigenvalue weighted by atomic mass is 10.1. The molecule has 0 aliphatic heterocycles. The van der Waals surface area contributed by atoms with Crippen LogP contribution in [0.4, 0.5) is 0 Å². The minimum atomic E-state index is 0.652. The van der Waals surface area contributed by atoms with E-state index in [1.807, 2.05) is 6.07 Å². The van der Waals surface area contributed by atoms with Crippen LogP contribution in [-0.2, 0) is 6.54 Å². The van der Waals surface area contributed by atoms with Gasteiger partial charge in [-0.05, 0) is 24.3 Å². The molecule has 1 aromatic rings. The standard InChI is InChI=1S/C13H19N/c1-3-12(4-2)10-14-11-13-8-6-5-7-9-13/h5-10,12H,3-4,11H2,1-2H3. The summed E-state index contributed by atoms with van der Waals surface area (Å²) in [5, 5.41) is 0. The Morgan fingerprint density at radius 3 is 2.36 bits per heavy atom. The van der Waals surface area contributed by atoms with Crippen LogP contribution in [0.25, 0.3) is 0 Å². The number of nitrogens with zero attached hydrogens (tertiary/aromatic N) is 1. The van der Waals surface area contributed by atoms with Crippen molar-refractivity contribution in [2.75, 3.05) is 0 Å². The normalized spacial score (nSPS) is 11.4. The van der Waals surface area contributed by atoms with Gasteiger partial charge >= 0.3 is 0 Å². The van der Waals surface area contributed by atoms with Gasteiger partial charge in [0.05, 0.1) is 6.54 Å². The first-order valence-electron chi connectivity index (χ1n) is 5.40. The van der Waals surface area contributed by atoms with Crippen molar-refractivity contribution in [2.45, 2.75) is 33.2 Å². The molecule has 0 fully saturated rings. The summed E-state index contributed by atoms with van der Waals surface area (Å²) in [5.74, 6) is 0.652. The maximum atomic E-state index is 4.46. The molecule has 1 aromatic carbocycles. The maximum absolute atomic E-state index is 4.46. The first-order chi connectivity index (χ1) is 6.86. The van der Waals surface area contributed by atoms with Gasteiger partial charge in [-0.2, -0.15) is 0 Å². The van der Waals surface area contributed by atoms with E-state index in [2.05, 4.69) is 49.3 Å². The first kappa shape index (κ1) is 11.0. The lowest BCUT2D eigenvalue weighted by Crippen LogP contribution is -1.97. The molecule has 0 radical (unpaired) electrons. The minimum absolute atomic E-state index is 0.652. The third-order valence-corrected chi connectivity index (χ3v) is 2.48. The van der Waals surface area contributed by atoms with Crippen LogP contribution in [-0.4, -0.2) is 6.21 Å². The number of hydrogen-bond donors (Lipinski definition) is 0. The Kier molecular flexibility index (Phi) is 4.98. The fourth-order valence-electron chi connectivity index (χ4n) is 1.39. The molecule has 0 bridgehead atoms. The molecule has 1 heteroatoms. The van der Waals surface area contributed by atoms with Crippen LogP contribution >= 0.6 is 0 Å². The van der Waals surface area contributed by atoms with Crippen molar-refractivity contribution < 1.29 is 0 Å². The van der Waals surface area contributed by atoms with Gasteiger partial charge in [-0.3, -0.25) is 4.99 Å². The molecule has 0 saturated heterocycles. The van der Waals surface area contributed by atoms with Crippen LogP contribution in [0.2, 0.25) is 0 Å². The highest BCUT2D eigenvalue weighted by atomic mass is 14.7. The highest BCUT2D eigenvalue weighted by Gasteiger charge is 1.97. The summed E-state index contributed by atoms with van der Waals surface area (Å²) in [6.07, 6.45) is 4.48. The lowest BCUT2D eigenvalue weighted by Gasteiger charge is -2.03. The van der Waals surface area contributed by atoms with E-state index in [9.17, 15) is 0 Å². The molecular formula is C13H19N. The quantitative estimate of drug-likeness (QED) is 0.626. The number of hydrogen-bond acceptors (Lipinski definition) is 1. The van der Waals surface area contributed by atoms with Gasteiger partial charge in [0.15, 0.2) is 0 Å². The van der Waals surface area contributed by atoms with Crippen LogP contribution in [0.3, 0.4) is 0 Å². The van der Waals surface area contributed by atoms with Gasteiger partial charge in [-0.15, -0.1) is 0 Å². The molecular weight excluding hydrogens is 170 g/mol. The Labute approximate surface area is 86.9 Å². The molecule has 0 heterocycles. The summed E-state index contributed by atoms with van der Waals surface area (Å²) in [6.45, 7) is 5.24. The molecule has 0 saturated carbocycles. The molecule has 0 aliphatic carbocycles. The average molecular weight is 189 g/mol. The van der Waals surface area contributed by atoms with Gasteiger partial charge in [-0.25, -0.2) is 0 Å². The van der Waals surface area contributed by atoms with Crippen molar-refractivity contribution in [2.24, 2.45) is 10.9 Å². The van der Waals surface area contributed by atoms with E-state index in [0.717, 1.165) is 6.54 Å². The second-order valence-electron chi connectivity index (χ2n) is 3.55. The molecule has 0 aromatic heterocycles. The summed E-state index contributed by atoms with van der Waals surface area (Å²) in [7, 11) is 0. The van der Waals surface area contributed by atoms with Gasteiger partial charge in [-0.1, -0.05) is 44.2 Å². The molecule has 0 unspecified atom stereocenters. The third-order valence-electron chi connectivity index (χ3n) is 2.48. The monoisotopic (exact) mass is 189 g/mol. The van der Waals surface area contributed by atoms with Gasteiger partial charge in [0.25, 0.3) is 0 Å². The Bertz CT molecular complexity index is 260. The molecule has 76 valence electrons. The minimum Gasteiger partial charge on any atom is -0.292 e. The van der Waals surface area contributed by atoms with Crippen molar-refractivity contribution in [1.82, 2.24) is 0 Å². The van der Waals surface area contributed by atoms with E-state index in [1.54, 1.807) is 0 Å². The van der Waals surface area contributed by atoms with Gasteiger partial charge in [0.1, 0.15) is 0 Å². The van der Waals surface area contributed by atoms with Gasteiger partial charge in [0.2, 0.25) is 0 Å². The van der Waals surface area contributed by atoms with Crippen LogP contribution in [0.15, 0.2) is 35.3 Å². The highest BCUT2D eigenvalue weighted by molar-refractivity contribution is 5.60. The van der Waals surface area contributed by atoms with Crippen LogP contribution < -0.4 is 0 Å². The van der Waals surface area contributed by atoms with Crippen molar-refractivity contribution in [1.29, 1.82) is 0 Å². The topological polar surface area (TPSA) is 12.4 Å². The summed E-state index contributed by atoms with van der Waals surface area (Å²) in [6, 6.07) is 10.4. The van der Waals surface area contributed by atoms with E-state index in [1.165, 1.54) is 18.4 Å². The molecule has 0 amide bonds. The zero-order valence-corrected chi connectivity index (χ0v) is 9.11. The zero-order valence-electron chi connectivity index (χ0n) is 9.11. The van der Waals surface area contributed by atoms with E-state index in [-0.39, 0.29) is 0 Å². The lowest BCUT2D eigenvalue weighted by molar-refractivity contribution is 0.652. The van der Waals surface area contributed by atoms with Crippen LogP contribution in [0.5, 0.6) is 0 Å².